The number of carbonyl (C=O) groups is 1. The van der Waals surface area contributed by atoms with Crippen molar-refractivity contribution in [3.05, 3.63) is 0 Å². The van der Waals surface area contributed by atoms with Crippen molar-refractivity contribution in [3.63, 3.8) is 0 Å². The summed E-state index contributed by atoms with van der Waals surface area (Å²) < 4.78 is 9.80. The molecule has 0 atom stereocenters. The van der Waals surface area contributed by atoms with Gasteiger partial charge in [-0.15, -0.1) is 12.4 Å². The van der Waals surface area contributed by atoms with Crippen LogP contribution in [0.5, 0.6) is 0 Å². The molecule has 0 spiro atoms. The number of carbonyl (C=O) groups excluding carboxylic acids is 1. The fourth-order valence-corrected chi connectivity index (χ4v) is 0.578. The number of hydrogen-bond donors (Lipinski definition) is 0. The van der Waals surface area contributed by atoms with Crippen LogP contribution in [0.1, 0.15) is 0 Å². The number of rotatable bonds is 4. The summed E-state index contributed by atoms with van der Waals surface area (Å²) in [5.41, 5.74) is 0. The van der Waals surface area contributed by atoms with E-state index < -0.39 is 6.16 Å². The summed E-state index contributed by atoms with van der Waals surface area (Å²) in [6.07, 6.45) is -0.710. The van der Waals surface area contributed by atoms with E-state index >= 15 is 0 Å². The molecule has 6 heteroatoms. The Balaban J connectivity index is 0. The number of hydrogen-bond acceptors (Lipinski definition) is 3. The van der Waals surface area contributed by atoms with Gasteiger partial charge in [-0.05, 0) is 0 Å². The van der Waals surface area contributed by atoms with Gasteiger partial charge in [0.2, 0.25) is 0 Å². The molecule has 0 aliphatic heterocycles. The third kappa shape index (κ3) is 11.8. The molecular weight excluding hydrogens is 217 g/mol. The molecule has 80 valence electrons. The first kappa shape index (κ1) is 15.3. The van der Waals surface area contributed by atoms with Gasteiger partial charge in [-0.3, -0.25) is 0 Å². The van der Waals surface area contributed by atoms with Crippen LogP contribution in [0.2, 0.25) is 0 Å². The lowest BCUT2D eigenvalue weighted by atomic mass is 10.5. The van der Waals surface area contributed by atoms with Crippen LogP contribution < -0.4 is 0 Å². The molecule has 0 N–H and O–H groups in total. The average Bonchev–Trinajstić information content (AvgIpc) is 1.84. The Hall–Kier alpha value is -0.190. The molecule has 0 aliphatic rings. The van der Waals surface area contributed by atoms with E-state index in [0.717, 1.165) is 11.0 Å². The third-order valence-electron chi connectivity index (χ3n) is 1.15. The number of likely N-dealkylation sites (N-methyl/N-ethyl adjacent to an activating group) is 1. The smallest absolute Gasteiger partial charge is 0.428 e. The van der Waals surface area contributed by atoms with Crippen molar-refractivity contribution in [1.29, 1.82) is 0 Å². The standard InChI is InChI=1S/C7H15ClNO3.ClH/c1-9(2,3)4-5-11-7(10)12-6-8;/h4-6H2,1-3H3;1H/q+1;. The Morgan fingerprint density at radius 3 is 2.23 bits per heavy atom. The van der Waals surface area contributed by atoms with Crippen molar-refractivity contribution in [2.24, 2.45) is 0 Å². The zero-order valence-electron chi connectivity index (χ0n) is 8.08. The normalized spacial score (nSPS) is 10.2. The predicted molar refractivity (Wildman–Crippen MR) is 53.3 cm³/mol. The molecule has 13 heavy (non-hydrogen) atoms. The Kier molecular flexibility index (Phi) is 8.51. The molecule has 0 unspecified atom stereocenters. The second kappa shape index (κ2) is 7.24. The number of quaternary nitrogens is 1. The number of alkyl halides is 1. The minimum absolute atomic E-state index is 0. The first-order chi connectivity index (χ1) is 5.45. The van der Waals surface area contributed by atoms with Gasteiger partial charge in [0.1, 0.15) is 13.2 Å². The van der Waals surface area contributed by atoms with Gasteiger partial charge in [-0.1, -0.05) is 11.6 Å². The van der Waals surface area contributed by atoms with Gasteiger partial charge in [-0.2, -0.15) is 0 Å². The minimum Gasteiger partial charge on any atom is -0.428 e. The molecule has 0 saturated carbocycles. The van der Waals surface area contributed by atoms with Crippen molar-refractivity contribution >= 4 is 30.2 Å². The monoisotopic (exact) mass is 232 g/mol. The number of nitrogens with zero attached hydrogens (tertiary/aromatic N) is 1. The molecule has 4 nitrogen and oxygen atoms in total. The molecule has 0 fully saturated rings. The van der Waals surface area contributed by atoms with E-state index in [2.05, 4.69) is 4.74 Å². The van der Waals surface area contributed by atoms with E-state index in [4.69, 9.17) is 16.3 Å². The van der Waals surface area contributed by atoms with Crippen molar-refractivity contribution in [1.82, 2.24) is 0 Å². The fourth-order valence-electron chi connectivity index (χ4n) is 0.489. The SMILES string of the molecule is C[N+](C)(C)CCOC(=O)OCCl.Cl. The molecule has 0 radical (unpaired) electrons. The van der Waals surface area contributed by atoms with E-state index in [1.165, 1.54) is 0 Å². The van der Waals surface area contributed by atoms with Crippen LogP contribution in [0.15, 0.2) is 0 Å². The molecule has 0 aromatic rings. The van der Waals surface area contributed by atoms with Gasteiger partial charge < -0.3 is 14.0 Å². The maximum atomic E-state index is 10.6. The van der Waals surface area contributed by atoms with Crippen LogP contribution in [0, 0.1) is 0 Å². The van der Waals surface area contributed by atoms with Gasteiger partial charge in [0.05, 0.1) is 21.1 Å². The zero-order valence-corrected chi connectivity index (χ0v) is 9.65. The first-order valence-corrected chi connectivity index (χ1v) is 4.15. The van der Waals surface area contributed by atoms with Crippen molar-refractivity contribution in [2.75, 3.05) is 40.4 Å². The fraction of sp³-hybridized carbons (Fsp3) is 0.857. The molecule has 0 rings (SSSR count). The highest BCUT2D eigenvalue weighted by atomic mass is 35.5. The van der Waals surface area contributed by atoms with E-state index in [0.29, 0.717) is 6.61 Å². The highest BCUT2D eigenvalue weighted by Gasteiger charge is 2.09. The van der Waals surface area contributed by atoms with Crippen LogP contribution in [0.4, 0.5) is 4.79 Å². The topological polar surface area (TPSA) is 35.5 Å². The summed E-state index contributed by atoms with van der Waals surface area (Å²) >= 11 is 5.14. The Labute approximate surface area is 89.7 Å². The second-order valence-corrected chi connectivity index (χ2v) is 3.58. The van der Waals surface area contributed by atoms with E-state index in [-0.39, 0.29) is 18.5 Å². The van der Waals surface area contributed by atoms with Crippen LogP contribution in [0.3, 0.4) is 0 Å². The molecule has 0 aromatic carbocycles. The van der Waals surface area contributed by atoms with Gasteiger partial charge in [0.25, 0.3) is 0 Å². The lowest BCUT2D eigenvalue weighted by molar-refractivity contribution is -0.870. The zero-order chi connectivity index (χ0) is 9.61. The Morgan fingerprint density at radius 2 is 1.85 bits per heavy atom. The first-order valence-electron chi connectivity index (χ1n) is 3.61. The summed E-state index contributed by atoms with van der Waals surface area (Å²) in [6.45, 7) is 1.09. The number of ether oxygens (including phenoxy) is 2. The van der Waals surface area contributed by atoms with Crippen molar-refractivity contribution in [2.45, 2.75) is 0 Å². The summed E-state index contributed by atoms with van der Waals surface area (Å²) in [6, 6.07) is -0.163. The second-order valence-electron chi connectivity index (χ2n) is 3.37. The lowest BCUT2D eigenvalue weighted by Gasteiger charge is -2.23. The van der Waals surface area contributed by atoms with Crippen LogP contribution in [0.25, 0.3) is 0 Å². The van der Waals surface area contributed by atoms with Gasteiger partial charge in [0.15, 0.2) is 6.07 Å². The van der Waals surface area contributed by atoms with Crippen LogP contribution in [-0.2, 0) is 9.47 Å². The Morgan fingerprint density at radius 1 is 1.31 bits per heavy atom. The molecule has 0 saturated heterocycles. The molecule has 0 heterocycles. The van der Waals surface area contributed by atoms with Crippen molar-refractivity contribution < 1.29 is 18.8 Å². The van der Waals surface area contributed by atoms with E-state index in [1.807, 2.05) is 21.1 Å². The van der Waals surface area contributed by atoms with Crippen molar-refractivity contribution in [3.8, 4) is 0 Å². The van der Waals surface area contributed by atoms with Crippen LogP contribution >= 0.6 is 24.0 Å². The van der Waals surface area contributed by atoms with E-state index in [1.54, 1.807) is 0 Å². The highest BCUT2D eigenvalue weighted by molar-refractivity contribution is 6.17. The number of halogens is 2. The summed E-state index contributed by atoms with van der Waals surface area (Å²) in [7, 11) is 6.03. The van der Waals surface area contributed by atoms with Crippen LogP contribution in [-0.4, -0.2) is 51.0 Å². The lowest BCUT2D eigenvalue weighted by Crippen LogP contribution is -2.38. The average molecular weight is 233 g/mol. The molecule has 0 aromatic heterocycles. The highest BCUT2D eigenvalue weighted by Crippen LogP contribution is 1.92. The third-order valence-corrected chi connectivity index (χ3v) is 1.26. The predicted octanol–water partition coefficient (Wildman–Crippen LogP) is 1.46. The Bertz CT molecular complexity index is 147. The molecule has 0 aliphatic carbocycles. The molecule has 0 amide bonds. The van der Waals surface area contributed by atoms with Gasteiger partial charge >= 0.3 is 6.16 Å². The minimum atomic E-state index is -0.710. The summed E-state index contributed by atoms with van der Waals surface area (Å²) in [5.74, 6) is 0. The maximum absolute atomic E-state index is 10.6. The molecule has 0 bridgehead atoms. The van der Waals surface area contributed by atoms with Gasteiger partial charge in [0, 0.05) is 0 Å². The maximum Gasteiger partial charge on any atom is 0.509 e. The molecular formula is C7H16Cl2NO3+. The quantitative estimate of drug-likeness (QED) is 0.419. The van der Waals surface area contributed by atoms with E-state index in [9.17, 15) is 4.79 Å². The van der Waals surface area contributed by atoms with Gasteiger partial charge in [-0.25, -0.2) is 4.79 Å². The summed E-state index contributed by atoms with van der Waals surface area (Å²) in [4.78, 5) is 10.6. The summed E-state index contributed by atoms with van der Waals surface area (Å²) in [5, 5.41) is 0. The largest absolute Gasteiger partial charge is 0.509 e.